The first kappa shape index (κ1) is 19.7. The molecule has 0 bridgehead atoms. The third-order valence-electron chi connectivity index (χ3n) is 5.24. The van der Waals surface area contributed by atoms with E-state index in [9.17, 15) is 14.4 Å². The van der Waals surface area contributed by atoms with E-state index in [1.807, 2.05) is 30.5 Å². The van der Waals surface area contributed by atoms with Gasteiger partial charge in [0.15, 0.2) is 12.4 Å². The number of ether oxygens (including phenoxy) is 1. The maximum absolute atomic E-state index is 12.5. The molecule has 3 aromatic rings. The lowest BCUT2D eigenvalue weighted by Crippen LogP contribution is -2.45. The van der Waals surface area contributed by atoms with Gasteiger partial charge in [0.1, 0.15) is 12.3 Å². The number of nitrogens with zero attached hydrogens (tertiary/aromatic N) is 1. The normalized spacial score (nSPS) is 13.1. The number of aromatic nitrogens is 1. The van der Waals surface area contributed by atoms with Crippen LogP contribution in [0.3, 0.4) is 0 Å². The highest BCUT2D eigenvalue weighted by Gasteiger charge is 2.28. The number of Topliss-reactive ketones (excluding diaryl/α,β-unsaturated/α-hetero) is 1. The minimum Gasteiger partial charge on any atom is -0.482 e. The van der Waals surface area contributed by atoms with Crippen LogP contribution in [-0.2, 0) is 16.0 Å². The van der Waals surface area contributed by atoms with Gasteiger partial charge in [-0.15, -0.1) is 0 Å². The van der Waals surface area contributed by atoms with Crippen molar-refractivity contribution in [3.05, 3.63) is 59.8 Å². The van der Waals surface area contributed by atoms with Crippen molar-refractivity contribution < 1.29 is 19.1 Å². The summed E-state index contributed by atoms with van der Waals surface area (Å²) in [6, 6.07) is 13.0. The molecule has 1 aromatic heterocycles. The Morgan fingerprint density at radius 2 is 2.03 bits per heavy atom. The summed E-state index contributed by atoms with van der Waals surface area (Å²) in [5.74, 6) is -0.105. The zero-order valence-electron chi connectivity index (χ0n) is 16.7. The molecule has 7 nitrogen and oxygen atoms in total. The number of benzene rings is 2. The Bertz CT molecular complexity index is 1120. The van der Waals surface area contributed by atoms with E-state index < -0.39 is 0 Å². The molecule has 7 heteroatoms. The molecule has 2 amide bonds. The summed E-state index contributed by atoms with van der Waals surface area (Å²) in [7, 11) is 0. The van der Waals surface area contributed by atoms with Gasteiger partial charge in [0.05, 0.1) is 5.69 Å². The summed E-state index contributed by atoms with van der Waals surface area (Å²) in [5.41, 5.74) is 3.14. The minimum atomic E-state index is -0.310. The smallest absolute Gasteiger partial charge is 0.265 e. The number of para-hydroxylation sites is 1. The number of ketones is 1. The first-order valence-electron chi connectivity index (χ1n) is 9.99. The van der Waals surface area contributed by atoms with Gasteiger partial charge in [-0.25, -0.2) is 0 Å². The Hall–Kier alpha value is -3.61. The fourth-order valence-electron chi connectivity index (χ4n) is 3.63. The fraction of sp³-hybridized carbons (Fsp3) is 0.261. The van der Waals surface area contributed by atoms with E-state index in [-0.39, 0.29) is 30.7 Å². The van der Waals surface area contributed by atoms with Crippen molar-refractivity contribution in [2.45, 2.75) is 19.8 Å². The number of hydrogen-bond acceptors (Lipinski definition) is 4. The molecule has 0 saturated heterocycles. The number of carbonyl (C=O) groups is 3. The van der Waals surface area contributed by atoms with Crippen LogP contribution in [0.5, 0.6) is 5.75 Å². The van der Waals surface area contributed by atoms with E-state index in [2.05, 4.69) is 10.3 Å². The second-order valence-corrected chi connectivity index (χ2v) is 7.19. The van der Waals surface area contributed by atoms with Crippen LogP contribution in [0.25, 0.3) is 10.9 Å². The quantitative estimate of drug-likeness (QED) is 0.592. The maximum Gasteiger partial charge on any atom is 0.265 e. The average Bonchev–Trinajstić information content (AvgIpc) is 3.18. The molecule has 0 fully saturated rings. The number of nitrogens with one attached hydrogen (secondary N) is 2. The molecule has 30 heavy (non-hydrogen) atoms. The van der Waals surface area contributed by atoms with Gasteiger partial charge in [0, 0.05) is 35.6 Å². The summed E-state index contributed by atoms with van der Waals surface area (Å²) in [5, 5.41) is 4.01. The molecular formula is C23H23N3O4. The summed E-state index contributed by atoms with van der Waals surface area (Å²) in [6.45, 7) is 1.99. The van der Waals surface area contributed by atoms with Gasteiger partial charge in [0.25, 0.3) is 5.91 Å². The number of aromatic amines is 1. The van der Waals surface area contributed by atoms with Crippen molar-refractivity contribution in [2.75, 3.05) is 24.6 Å². The third-order valence-corrected chi connectivity index (χ3v) is 5.24. The predicted molar refractivity (Wildman–Crippen MR) is 114 cm³/mol. The largest absolute Gasteiger partial charge is 0.482 e. The zero-order valence-corrected chi connectivity index (χ0v) is 16.7. The number of fused-ring (bicyclic) bond motifs is 2. The average molecular weight is 405 g/mol. The van der Waals surface area contributed by atoms with Gasteiger partial charge in [-0.3, -0.25) is 19.3 Å². The summed E-state index contributed by atoms with van der Waals surface area (Å²) >= 11 is 0. The number of hydrogen-bond donors (Lipinski definition) is 2. The lowest BCUT2D eigenvalue weighted by atomic mass is 10.1. The Balaban J connectivity index is 1.41. The van der Waals surface area contributed by atoms with E-state index in [1.165, 1.54) is 4.90 Å². The molecule has 154 valence electrons. The lowest BCUT2D eigenvalue weighted by molar-refractivity contribution is -0.125. The van der Waals surface area contributed by atoms with E-state index in [0.717, 1.165) is 16.5 Å². The minimum absolute atomic E-state index is 0.0287. The Labute approximate surface area is 174 Å². The van der Waals surface area contributed by atoms with Gasteiger partial charge in [-0.1, -0.05) is 25.1 Å². The van der Waals surface area contributed by atoms with Crippen LogP contribution in [-0.4, -0.2) is 42.3 Å². The number of H-pyrrole nitrogens is 1. The number of rotatable bonds is 7. The maximum atomic E-state index is 12.5. The monoisotopic (exact) mass is 405 g/mol. The van der Waals surface area contributed by atoms with Crippen LogP contribution in [0.15, 0.2) is 48.7 Å². The SMILES string of the molecule is CCC(=O)c1ccc2c(c1)N(CC(=O)NCCc1c[nH]c3ccccc13)C(=O)CO2. The highest BCUT2D eigenvalue weighted by atomic mass is 16.5. The van der Waals surface area contributed by atoms with E-state index >= 15 is 0 Å². The molecule has 0 aliphatic carbocycles. The van der Waals surface area contributed by atoms with Crippen LogP contribution in [0.4, 0.5) is 5.69 Å². The highest BCUT2D eigenvalue weighted by Crippen LogP contribution is 2.33. The van der Waals surface area contributed by atoms with Crippen molar-refractivity contribution in [1.29, 1.82) is 0 Å². The van der Waals surface area contributed by atoms with Gasteiger partial charge in [-0.05, 0) is 36.2 Å². The molecule has 0 atom stereocenters. The topological polar surface area (TPSA) is 91.5 Å². The van der Waals surface area contributed by atoms with Crippen molar-refractivity contribution in [2.24, 2.45) is 0 Å². The van der Waals surface area contributed by atoms with Gasteiger partial charge >= 0.3 is 0 Å². The molecule has 0 spiro atoms. The standard InChI is InChI=1S/C23H23N3O4/c1-2-20(27)15-7-8-21-19(11-15)26(23(29)14-30-21)13-22(28)24-10-9-16-12-25-18-6-4-3-5-17(16)18/h3-8,11-12,25H,2,9-10,13-14H2,1H3,(H,24,28). The molecule has 4 rings (SSSR count). The molecule has 2 heterocycles. The van der Waals surface area contributed by atoms with Crippen LogP contribution >= 0.6 is 0 Å². The van der Waals surface area contributed by atoms with Gasteiger partial charge in [0.2, 0.25) is 5.91 Å². The highest BCUT2D eigenvalue weighted by molar-refractivity contribution is 6.04. The molecule has 0 radical (unpaired) electrons. The van der Waals surface area contributed by atoms with Gasteiger partial charge < -0.3 is 15.0 Å². The number of anilines is 1. The second kappa shape index (κ2) is 8.41. The molecule has 2 N–H and O–H groups in total. The first-order valence-corrected chi connectivity index (χ1v) is 9.99. The van der Waals surface area contributed by atoms with Crippen molar-refractivity contribution in [3.8, 4) is 5.75 Å². The summed E-state index contributed by atoms with van der Waals surface area (Å²) in [6.07, 6.45) is 2.99. The summed E-state index contributed by atoms with van der Waals surface area (Å²) in [4.78, 5) is 41.5. The molecule has 2 aromatic carbocycles. The Morgan fingerprint density at radius 3 is 2.87 bits per heavy atom. The van der Waals surface area contributed by atoms with Crippen molar-refractivity contribution in [1.82, 2.24) is 10.3 Å². The Kier molecular flexibility index (Phi) is 5.52. The van der Waals surface area contributed by atoms with Crippen LogP contribution in [0, 0.1) is 0 Å². The molecule has 1 aliphatic rings. The van der Waals surface area contributed by atoms with Crippen LogP contribution in [0.1, 0.15) is 29.3 Å². The van der Waals surface area contributed by atoms with E-state index in [0.29, 0.717) is 36.4 Å². The zero-order chi connectivity index (χ0) is 21.1. The molecule has 0 saturated carbocycles. The van der Waals surface area contributed by atoms with Gasteiger partial charge in [-0.2, -0.15) is 0 Å². The third kappa shape index (κ3) is 3.91. The second-order valence-electron chi connectivity index (χ2n) is 7.19. The molecular weight excluding hydrogens is 382 g/mol. The first-order chi connectivity index (χ1) is 14.6. The number of amides is 2. The number of carbonyl (C=O) groups excluding carboxylic acids is 3. The van der Waals surface area contributed by atoms with Crippen LogP contribution < -0.4 is 15.0 Å². The van der Waals surface area contributed by atoms with Crippen LogP contribution in [0.2, 0.25) is 0 Å². The van der Waals surface area contributed by atoms with E-state index in [1.54, 1.807) is 25.1 Å². The summed E-state index contributed by atoms with van der Waals surface area (Å²) < 4.78 is 5.45. The Morgan fingerprint density at radius 1 is 1.20 bits per heavy atom. The fourth-order valence-corrected chi connectivity index (χ4v) is 3.63. The molecule has 0 unspecified atom stereocenters. The lowest BCUT2D eigenvalue weighted by Gasteiger charge is -2.29. The van der Waals surface area contributed by atoms with E-state index in [4.69, 9.17) is 4.74 Å². The predicted octanol–water partition coefficient (Wildman–Crippen LogP) is 2.84. The van der Waals surface area contributed by atoms with Crippen molar-refractivity contribution >= 4 is 34.2 Å². The molecule has 1 aliphatic heterocycles. The van der Waals surface area contributed by atoms with Crippen molar-refractivity contribution in [3.63, 3.8) is 0 Å².